The molecule has 0 aliphatic carbocycles. The van der Waals surface area contributed by atoms with E-state index in [2.05, 4.69) is 5.10 Å². The summed E-state index contributed by atoms with van der Waals surface area (Å²) in [7, 11) is 1.61. The fourth-order valence-electron chi connectivity index (χ4n) is 1.86. The van der Waals surface area contributed by atoms with E-state index in [1.54, 1.807) is 26.1 Å². The number of hydrogen-bond donors (Lipinski definition) is 2. The summed E-state index contributed by atoms with van der Waals surface area (Å²) in [5.74, 6) is 0.0662. The topological polar surface area (TPSA) is 120 Å². The van der Waals surface area contributed by atoms with Crippen molar-refractivity contribution in [3.05, 3.63) is 45.6 Å². The second-order valence-corrected chi connectivity index (χ2v) is 4.13. The molecule has 1 aromatic heterocycles. The molecule has 8 heteroatoms. The van der Waals surface area contributed by atoms with Crippen LogP contribution in [0.15, 0.2) is 24.3 Å². The molecule has 0 aliphatic heterocycles. The van der Waals surface area contributed by atoms with E-state index in [4.69, 9.17) is 15.9 Å². The lowest BCUT2D eigenvalue weighted by molar-refractivity contribution is -0.385. The molecule has 1 heterocycles. The van der Waals surface area contributed by atoms with Crippen molar-refractivity contribution in [1.29, 1.82) is 5.41 Å². The van der Waals surface area contributed by atoms with Crippen molar-refractivity contribution >= 4 is 11.5 Å². The number of benzene rings is 1. The fraction of sp³-hybridized carbons (Fsp3) is 0.167. The van der Waals surface area contributed by atoms with E-state index < -0.39 is 4.92 Å². The number of nitro groups is 1. The lowest BCUT2D eigenvalue weighted by atomic mass is 10.2. The first-order valence-electron chi connectivity index (χ1n) is 5.71. The van der Waals surface area contributed by atoms with Gasteiger partial charge < -0.3 is 10.5 Å². The first-order chi connectivity index (χ1) is 9.41. The highest BCUT2D eigenvalue weighted by molar-refractivity contribution is 5.98. The zero-order valence-electron chi connectivity index (χ0n) is 11.0. The third-order valence-corrected chi connectivity index (χ3v) is 2.71. The standard InChI is InChI=1S/C12H13N5O3/c1-7-10(11(13)14)12(16(2)15-7)20-9-6-4-3-5-8(9)17(18)19/h3-6H,1-2H3,(H3,13,14). The molecule has 0 aliphatic rings. The molecule has 0 spiro atoms. The minimum Gasteiger partial charge on any atom is -0.431 e. The van der Waals surface area contributed by atoms with Crippen LogP contribution in [-0.2, 0) is 7.05 Å². The van der Waals surface area contributed by atoms with Crippen LogP contribution in [0.3, 0.4) is 0 Å². The normalized spacial score (nSPS) is 10.3. The summed E-state index contributed by atoms with van der Waals surface area (Å²) in [6.07, 6.45) is 0. The predicted octanol–water partition coefficient (Wildman–Crippen LogP) is 1.71. The molecule has 0 saturated carbocycles. The second kappa shape index (κ2) is 5.00. The van der Waals surface area contributed by atoms with Crippen LogP contribution in [0.1, 0.15) is 11.3 Å². The van der Waals surface area contributed by atoms with Gasteiger partial charge in [-0.15, -0.1) is 0 Å². The summed E-state index contributed by atoms with van der Waals surface area (Å²) < 4.78 is 6.94. The van der Waals surface area contributed by atoms with Crippen LogP contribution in [0.4, 0.5) is 5.69 Å². The number of amidine groups is 1. The smallest absolute Gasteiger partial charge is 0.311 e. The Morgan fingerprint density at radius 1 is 1.50 bits per heavy atom. The molecule has 0 bridgehead atoms. The van der Waals surface area contributed by atoms with Crippen molar-refractivity contribution in [2.45, 2.75) is 6.92 Å². The number of aromatic nitrogens is 2. The van der Waals surface area contributed by atoms with E-state index in [-0.39, 0.29) is 23.2 Å². The molecule has 2 rings (SSSR count). The maximum atomic E-state index is 11.0. The van der Waals surface area contributed by atoms with Crippen LogP contribution < -0.4 is 10.5 Å². The lowest BCUT2D eigenvalue weighted by Crippen LogP contribution is -2.13. The highest BCUT2D eigenvalue weighted by atomic mass is 16.6. The number of rotatable bonds is 4. The van der Waals surface area contributed by atoms with Crippen molar-refractivity contribution in [2.75, 3.05) is 0 Å². The number of aryl methyl sites for hydroxylation is 2. The van der Waals surface area contributed by atoms with Crippen LogP contribution in [-0.4, -0.2) is 20.5 Å². The molecule has 2 aromatic rings. The Morgan fingerprint density at radius 2 is 2.15 bits per heavy atom. The van der Waals surface area contributed by atoms with Gasteiger partial charge in [-0.3, -0.25) is 15.5 Å². The summed E-state index contributed by atoms with van der Waals surface area (Å²) in [6, 6.07) is 5.99. The van der Waals surface area contributed by atoms with E-state index >= 15 is 0 Å². The summed E-state index contributed by atoms with van der Waals surface area (Å²) in [6.45, 7) is 1.68. The Kier molecular flexibility index (Phi) is 3.38. The van der Waals surface area contributed by atoms with Crippen LogP contribution in [0.5, 0.6) is 11.6 Å². The Labute approximate surface area is 114 Å². The second-order valence-electron chi connectivity index (χ2n) is 4.13. The van der Waals surface area contributed by atoms with Crippen molar-refractivity contribution in [1.82, 2.24) is 9.78 Å². The Hall–Kier alpha value is -2.90. The quantitative estimate of drug-likeness (QED) is 0.381. The molecule has 0 amide bonds. The van der Waals surface area contributed by atoms with Crippen LogP contribution in [0, 0.1) is 22.4 Å². The number of nitrogen functional groups attached to an aromatic ring is 1. The molecule has 0 radical (unpaired) electrons. The van der Waals surface area contributed by atoms with Gasteiger partial charge in [-0.2, -0.15) is 5.10 Å². The highest BCUT2D eigenvalue weighted by Crippen LogP contribution is 2.33. The average molecular weight is 275 g/mol. The van der Waals surface area contributed by atoms with E-state index in [1.807, 2.05) is 0 Å². The van der Waals surface area contributed by atoms with Crippen LogP contribution >= 0.6 is 0 Å². The number of nitro benzene ring substituents is 1. The zero-order chi connectivity index (χ0) is 14.9. The molecule has 104 valence electrons. The molecular weight excluding hydrogens is 262 g/mol. The van der Waals surface area contributed by atoms with Crippen molar-refractivity contribution in [3.8, 4) is 11.6 Å². The van der Waals surface area contributed by atoms with Crippen molar-refractivity contribution in [3.63, 3.8) is 0 Å². The molecule has 0 saturated heterocycles. The van der Waals surface area contributed by atoms with Crippen LogP contribution in [0.25, 0.3) is 0 Å². The molecule has 0 atom stereocenters. The molecule has 1 aromatic carbocycles. The average Bonchev–Trinajstić information content (AvgIpc) is 2.64. The highest BCUT2D eigenvalue weighted by Gasteiger charge is 2.21. The molecule has 20 heavy (non-hydrogen) atoms. The van der Waals surface area contributed by atoms with Gasteiger partial charge in [0, 0.05) is 13.1 Å². The zero-order valence-corrected chi connectivity index (χ0v) is 11.0. The van der Waals surface area contributed by atoms with E-state index in [1.165, 1.54) is 16.8 Å². The van der Waals surface area contributed by atoms with E-state index in [9.17, 15) is 10.1 Å². The molecule has 0 unspecified atom stereocenters. The Balaban J connectivity index is 2.51. The molecule has 0 fully saturated rings. The van der Waals surface area contributed by atoms with Gasteiger partial charge in [0.15, 0.2) is 0 Å². The van der Waals surface area contributed by atoms with E-state index in [0.29, 0.717) is 11.3 Å². The monoisotopic (exact) mass is 275 g/mol. The number of ether oxygens (including phenoxy) is 1. The van der Waals surface area contributed by atoms with Gasteiger partial charge in [-0.05, 0) is 13.0 Å². The van der Waals surface area contributed by atoms with Gasteiger partial charge in [0.05, 0.1) is 10.6 Å². The SMILES string of the molecule is Cc1nn(C)c(Oc2ccccc2[N+](=O)[O-])c1C(=N)N. The van der Waals surface area contributed by atoms with Crippen molar-refractivity contribution < 1.29 is 9.66 Å². The van der Waals surface area contributed by atoms with Crippen LogP contribution in [0.2, 0.25) is 0 Å². The van der Waals surface area contributed by atoms with Gasteiger partial charge >= 0.3 is 5.69 Å². The van der Waals surface area contributed by atoms with Crippen molar-refractivity contribution in [2.24, 2.45) is 12.8 Å². The molecule has 3 N–H and O–H groups in total. The van der Waals surface area contributed by atoms with Gasteiger partial charge in [-0.25, -0.2) is 4.68 Å². The summed E-state index contributed by atoms with van der Waals surface area (Å²) in [5.41, 5.74) is 6.18. The first-order valence-corrected chi connectivity index (χ1v) is 5.71. The predicted molar refractivity (Wildman–Crippen MR) is 72.1 cm³/mol. The van der Waals surface area contributed by atoms with Gasteiger partial charge in [0.1, 0.15) is 11.4 Å². The number of nitrogens with zero attached hydrogens (tertiary/aromatic N) is 3. The number of nitrogens with two attached hydrogens (primary N) is 1. The third-order valence-electron chi connectivity index (χ3n) is 2.71. The molecule has 8 nitrogen and oxygen atoms in total. The lowest BCUT2D eigenvalue weighted by Gasteiger charge is -2.08. The van der Waals surface area contributed by atoms with Gasteiger partial charge in [-0.1, -0.05) is 12.1 Å². The summed E-state index contributed by atoms with van der Waals surface area (Å²) in [4.78, 5) is 10.4. The molecular formula is C12H13N5O3. The Bertz CT molecular complexity index is 692. The minimum absolute atomic E-state index is 0.0722. The minimum atomic E-state index is -0.536. The fourth-order valence-corrected chi connectivity index (χ4v) is 1.86. The first kappa shape index (κ1) is 13.5. The Morgan fingerprint density at radius 3 is 2.75 bits per heavy atom. The maximum absolute atomic E-state index is 11.0. The summed E-state index contributed by atoms with van der Waals surface area (Å²) in [5, 5.41) is 22.6. The number of hydrogen-bond acceptors (Lipinski definition) is 5. The van der Waals surface area contributed by atoms with E-state index in [0.717, 1.165) is 0 Å². The largest absolute Gasteiger partial charge is 0.431 e. The third kappa shape index (κ3) is 2.30. The summed E-state index contributed by atoms with van der Waals surface area (Å²) >= 11 is 0. The number of nitrogens with one attached hydrogen (secondary N) is 1. The maximum Gasteiger partial charge on any atom is 0.311 e. The number of para-hydroxylation sites is 2. The van der Waals surface area contributed by atoms with Gasteiger partial charge in [0.25, 0.3) is 0 Å². The van der Waals surface area contributed by atoms with Gasteiger partial charge in [0.2, 0.25) is 11.6 Å².